The van der Waals surface area contributed by atoms with Crippen LogP contribution in [0.2, 0.25) is 0 Å². The van der Waals surface area contributed by atoms with Crippen LogP contribution in [-0.2, 0) is 24.1 Å². The van der Waals surface area contributed by atoms with E-state index in [4.69, 9.17) is 0 Å². The van der Waals surface area contributed by atoms with Crippen molar-refractivity contribution in [1.29, 1.82) is 0 Å². The third kappa shape index (κ3) is 4.11. The van der Waals surface area contributed by atoms with Crippen LogP contribution in [0.3, 0.4) is 0 Å². The van der Waals surface area contributed by atoms with Crippen molar-refractivity contribution >= 4 is 5.91 Å². The molecule has 0 bridgehead atoms. The maximum absolute atomic E-state index is 12.5. The van der Waals surface area contributed by atoms with Gasteiger partial charge in [-0.3, -0.25) is 4.79 Å². The summed E-state index contributed by atoms with van der Waals surface area (Å²) in [6.45, 7) is 2.02. The normalized spacial score (nSPS) is 14.4. The molecule has 4 heteroatoms. The lowest BCUT2D eigenvalue weighted by Crippen LogP contribution is -2.28. The van der Waals surface area contributed by atoms with Gasteiger partial charge < -0.3 is 9.88 Å². The van der Waals surface area contributed by atoms with Gasteiger partial charge in [0.2, 0.25) is 5.91 Å². The molecule has 3 aromatic rings. The third-order valence-corrected chi connectivity index (χ3v) is 5.35. The minimum absolute atomic E-state index is 0.0213. The van der Waals surface area contributed by atoms with E-state index in [0.717, 1.165) is 23.2 Å². The van der Waals surface area contributed by atoms with E-state index in [-0.39, 0.29) is 11.9 Å². The zero-order valence-corrected chi connectivity index (χ0v) is 15.7. The molecule has 1 N–H and O–H groups in total. The van der Waals surface area contributed by atoms with Crippen molar-refractivity contribution in [3.8, 4) is 5.69 Å². The van der Waals surface area contributed by atoms with Crippen molar-refractivity contribution in [3.05, 3.63) is 83.4 Å². The Hall–Kier alpha value is -2.88. The molecule has 2 aromatic carbocycles. The largest absolute Gasteiger partial charge is 0.349 e. The molecule has 0 fully saturated rings. The van der Waals surface area contributed by atoms with E-state index in [1.165, 1.54) is 30.4 Å². The van der Waals surface area contributed by atoms with Gasteiger partial charge in [0.05, 0.1) is 18.8 Å². The molecule has 1 aliphatic rings. The van der Waals surface area contributed by atoms with Gasteiger partial charge in [0.15, 0.2) is 0 Å². The van der Waals surface area contributed by atoms with Crippen molar-refractivity contribution in [2.45, 2.75) is 45.1 Å². The minimum atomic E-state index is -0.0213. The van der Waals surface area contributed by atoms with E-state index < -0.39 is 0 Å². The molecular formula is C23H25N3O. The molecule has 0 unspecified atom stereocenters. The summed E-state index contributed by atoms with van der Waals surface area (Å²) >= 11 is 0. The van der Waals surface area contributed by atoms with Crippen LogP contribution >= 0.6 is 0 Å². The summed E-state index contributed by atoms with van der Waals surface area (Å²) in [5.74, 6) is 0.0666. The highest BCUT2D eigenvalue weighted by Crippen LogP contribution is 2.22. The number of fused-ring (bicyclic) bond motifs is 1. The highest BCUT2D eigenvalue weighted by Gasteiger charge is 2.13. The van der Waals surface area contributed by atoms with Crippen molar-refractivity contribution in [2.24, 2.45) is 0 Å². The fraction of sp³-hybridized carbons (Fsp3) is 0.304. The SMILES string of the molecule is C[C@H](NC(=O)Cc1ccc2c(c1)CCCC2)c1ccc(-n2ccnc2)cc1. The molecule has 0 radical (unpaired) electrons. The lowest BCUT2D eigenvalue weighted by molar-refractivity contribution is -0.121. The van der Waals surface area contributed by atoms with Gasteiger partial charge in [0, 0.05) is 18.1 Å². The topological polar surface area (TPSA) is 46.9 Å². The fourth-order valence-corrected chi connectivity index (χ4v) is 3.80. The van der Waals surface area contributed by atoms with Gasteiger partial charge in [-0.15, -0.1) is 0 Å². The third-order valence-electron chi connectivity index (χ3n) is 5.35. The van der Waals surface area contributed by atoms with Crippen LogP contribution in [0.1, 0.15) is 48.1 Å². The van der Waals surface area contributed by atoms with E-state index in [9.17, 15) is 4.79 Å². The predicted molar refractivity (Wildman–Crippen MR) is 107 cm³/mol. The number of hydrogen-bond acceptors (Lipinski definition) is 2. The molecule has 0 saturated heterocycles. The number of carbonyl (C=O) groups excluding carboxylic acids is 1. The summed E-state index contributed by atoms with van der Waals surface area (Å²) < 4.78 is 1.96. The predicted octanol–water partition coefficient (Wildman–Crippen LogP) is 4.17. The van der Waals surface area contributed by atoms with Crippen LogP contribution in [0.25, 0.3) is 5.69 Å². The molecular weight excluding hydrogens is 334 g/mol. The van der Waals surface area contributed by atoms with Gasteiger partial charge in [0.1, 0.15) is 0 Å². The molecule has 1 atom stereocenters. The van der Waals surface area contributed by atoms with Crippen LogP contribution in [0, 0.1) is 0 Å². The number of aryl methyl sites for hydroxylation is 2. The molecule has 0 aliphatic heterocycles. The second-order valence-electron chi connectivity index (χ2n) is 7.34. The zero-order valence-electron chi connectivity index (χ0n) is 15.7. The van der Waals surface area contributed by atoms with Crippen molar-refractivity contribution < 1.29 is 4.79 Å². The maximum atomic E-state index is 12.5. The van der Waals surface area contributed by atoms with E-state index in [1.54, 1.807) is 12.5 Å². The molecule has 1 aliphatic carbocycles. The van der Waals surface area contributed by atoms with E-state index >= 15 is 0 Å². The molecule has 4 rings (SSSR count). The number of nitrogens with one attached hydrogen (secondary N) is 1. The fourth-order valence-electron chi connectivity index (χ4n) is 3.80. The molecule has 1 aromatic heterocycles. The number of imidazole rings is 1. The standard InChI is InChI=1S/C23H25N3O/c1-17(19-8-10-22(11-9-19)26-13-12-24-16-26)25-23(27)15-18-6-7-20-4-2-3-5-21(20)14-18/h6-14,16-17H,2-5,15H2,1H3,(H,25,27)/t17-/m0/s1. The van der Waals surface area contributed by atoms with Crippen LogP contribution in [0.4, 0.5) is 0 Å². The summed E-state index contributed by atoms with van der Waals surface area (Å²) in [5, 5.41) is 3.12. The summed E-state index contributed by atoms with van der Waals surface area (Å²) in [5.41, 5.74) is 6.14. The first kappa shape index (κ1) is 17.5. The Kier molecular flexibility index (Phi) is 5.05. The van der Waals surface area contributed by atoms with Crippen molar-refractivity contribution in [3.63, 3.8) is 0 Å². The monoisotopic (exact) mass is 359 g/mol. The average molecular weight is 359 g/mol. The molecule has 1 heterocycles. The van der Waals surface area contributed by atoms with Gasteiger partial charge in [-0.2, -0.15) is 0 Å². The van der Waals surface area contributed by atoms with E-state index in [0.29, 0.717) is 6.42 Å². The van der Waals surface area contributed by atoms with Crippen LogP contribution in [-0.4, -0.2) is 15.5 Å². The Morgan fingerprint density at radius 2 is 1.89 bits per heavy atom. The highest BCUT2D eigenvalue weighted by molar-refractivity contribution is 5.79. The van der Waals surface area contributed by atoms with Gasteiger partial charge in [-0.1, -0.05) is 30.3 Å². The Morgan fingerprint density at radius 1 is 1.11 bits per heavy atom. The Bertz CT molecular complexity index is 913. The number of carbonyl (C=O) groups is 1. The lowest BCUT2D eigenvalue weighted by Gasteiger charge is -2.18. The van der Waals surface area contributed by atoms with Gasteiger partial charge in [0.25, 0.3) is 0 Å². The second kappa shape index (κ2) is 7.78. The lowest BCUT2D eigenvalue weighted by atomic mass is 9.90. The van der Waals surface area contributed by atoms with Crippen molar-refractivity contribution in [2.75, 3.05) is 0 Å². The first-order chi connectivity index (χ1) is 13.2. The Balaban J connectivity index is 1.37. The summed E-state index contributed by atoms with van der Waals surface area (Å²) in [6.07, 6.45) is 10.7. The molecule has 4 nitrogen and oxygen atoms in total. The number of rotatable bonds is 5. The van der Waals surface area contributed by atoms with Crippen LogP contribution < -0.4 is 5.32 Å². The highest BCUT2D eigenvalue weighted by atomic mass is 16.1. The van der Waals surface area contributed by atoms with E-state index in [1.807, 2.05) is 29.8 Å². The van der Waals surface area contributed by atoms with Crippen LogP contribution in [0.5, 0.6) is 0 Å². The quantitative estimate of drug-likeness (QED) is 0.743. The molecule has 27 heavy (non-hydrogen) atoms. The first-order valence-corrected chi connectivity index (χ1v) is 9.67. The number of nitrogens with zero attached hydrogens (tertiary/aromatic N) is 2. The summed E-state index contributed by atoms with van der Waals surface area (Å²) in [4.78, 5) is 16.6. The van der Waals surface area contributed by atoms with E-state index in [2.05, 4.69) is 40.6 Å². The molecule has 1 amide bonds. The molecule has 138 valence electrons. The Morgan fingerprint density at radius 3 is 2.63 bits per heavy atom. The molecule has 0 spiro atoms. The van der Waals surface area contributed by atoms with Gasteiger partial charge in [-0.25, -0.2) is 4.98 Å². The molecule has 0 saturated carbocycles. The maximum Gasteiger partial charge on any atom is 0.224 e. The van der Waals surface area contributed by atoms with Gasteiger partial charge in [-0.05, 0) is 67.0 Å². The van der Waals surface area contributed by atoms with Crippen LogP contribution in [0.15, 0.2) is 61.2 Å². The number of hydrogen-bond donors (Lipinski definition) is 1. The minimum Gasteiger partial charge on any atom is -0.349 e. The summed E-state index contributed by atoms with van der Waals surface area (Å²) in [6, 6.07) is 14.7. The number of aromatic nitrogens is 2. The van der Waals surface area contributed by atoms with Crippen molar-refractivity contribution in [1.82, 2.24) is 14.9 Å². The summed E-state index contributed by atoms with van der Waals surface area (Å²) in [7, 11) is 0. The average Bonchev–Trinajstić information content (AvgIpc) is 3.23. The number of amides is 1. The second-order valence-corrected chi connectivity index (χ2v) is 7.34. The smallest absolute Gasteiger partial charge is 0.224 e. The first-order valence-electron chi connectivity index (χ1n) is 9.67. The number of benzene rings is 2. The zero-order chi connectivity index (χ0) is 18.6. The Labute approximate surface area is 160 Å². The van der Waals surface area contributed by atoms with Gasteiger partial charge >= 0.3 is 0 Å².